The van der Waals surface area contributed by atoms with Crippen molar-refractivity contribution in [3.8, 4) is 0 Å². The van der Waals surface area contributed by atoms with Crippen molar-refractivity contribution in [1.29, 1.82) is 0 Å². The molecule has 0 saturated heterocycles. The summed E-state index contributed by atoms with van der Waals surface area (Å²) < 4.78 is 5.20. The smallest absolute Gasteiger partial charge is 0.193 e. The third-order valence-electron chi connectivity index (χ3n) is 3.94. The Bertz CT molecular complexity index is 686. The number of aryl methyl sites for hydroxylation is 1. The minimum atomic E-state index is 0. The maximum absolute atomic E-state index is 6.00. The lowest BCUT2D eigenvalue weighted by atomic mass is 10.1. The van der Waals surface area contributed by atoms with Gasteiger partial charge in [-0.1, -0.05) is 30.3 Å². The second kappa shape index (κ2) is 11.7. The van der Waals surface area contributed by atoms with Crippen LogP contribution in [0.25, 0.3) is 0 Å². The van der Waals surface area contributed by atoms with E-state index in [0.717, 1.165) is 24.1 Å². The maximum atomic E-state index is 6.00. The van der Waals surface area contributed by atoms with Crippen LogP contribution in [0.2, 0.25) is 0 Å². The molecule has 0 aliphatic rings. The molecule has 0 aromatic heterocycles. The van der Waals surface area contributed by atoms with Gasteiger partial charge in [-0.15, -0.1) is 24.0 Å². The summed E-state index contributed by atoms with van der Waals surface area (Å²) in [6.07, 6.45) is 1.95. The summed E-state index contributed by atoms with van der Waals surface area (Å²) in [5.41, 5.74) is 10.5. The number of nitrogens with one attached hydrogen (secondary N) is 1. The molecule has 0 saturated carbocycles. The number of guanidine groups is 1. The molecule has 0 radical (unpaired) electrons. The van der Waals surface area contributed by atoms with Crippen LogP contribution in [0, 0.1) is 0 Å². The first kappa shape index (κ1) is 22.2. The fourth-order valence-electron chi connectivity index (χ4n) is 2.54. The third-order valence-corrected chi connectivity index (χ3v) is 3.94. The van der Waals surface area contributed by atoms with Crippen molar-refractivity contribution >= 4 is 41.3 Å². The summed E-state index contributed by atoms with van der Waals surface area (Å²) in [5, 5.41) is 3.16. The Labute approximate surface area is 173 Å². The number of nitrogens with zero attached hydrogens (tertiary/aromatic N) is 2. The number of anilines is 2. The van der Waals surface area contributed by atoms with E-state index in [1.54, 1.807) is 7.11 Å². The minimum Gasteiger partial charge on any atom is -0.380 e. The van der Waals surface area contributed by atoms with E-state index >= 15 is 0 Å². The zero-order valence-corrected chi connectivity index (χ0v) is 18.1. The van der Waals surface area contributed by atoms with Crippen molar-refractivity contribution < 1.29 is 4.74 Å². The van der Waals surface area contributed by atoms with Crippen molar-refractivity contribution in [1.82, 2.24) is 0 Å². The van der Waals surface area contributed by atoms with Gasteiger partial charge in [0.05, 0.1) is 6.61 Å². The molecule has 0 bridgehead atoms. The van der Waals surface area contributed by atoms with Gasteiger partial charge in [0, 0.05) is 44.7 Å². The van der Waals surface area contributed by atoms with Crippen LogP contribution in [0.1, 0.15) is 17.5 Å². The summed E-state index contributed by atoms with van der Waals surface area (Å²) >= 11 is 0. The van der Waals surface area contributed by atoms with Crippen LogP contribution in [0.15, 0.2) is 53.5 Å². The van der Waals surface area contributed by atoms with Gasteiger partial charge in [-0.2, -0.15) is 0 Å². The Hall–Kier alpha value is -1.80. The van der Waals surface area contributed by atoms with E-state index in [2.05, 4.69) is 39.5 Å². The van der Waals surface area contributed by atoms with Gasteiger partial charge in [-0.25, -0.2) is 0 Å². The molecule has 5 nitrogen and oxygen atoms in total. The molecule has 3 N–H and O–H groups in total. The number of hydrogen-bond acceptors (Lipinski definition) is 3. The van der Waals surface area contributed by atoms with Gasteiger partial charge in [-0.05, 0) is 36.6 Å². The van der Waals surface area contributed by atoms with Crippen LogP contribution in [0.3, 0.4) is 0 Å². The number of nitrogens with two attached hydrogens (primary N) is 1. The number of methoxy groups -OCH3 is 1. The molecule has 0 fully saturated rings. The summed E-state index contributed by atoms with van der Waals surface area (Å²) in [4.78, 5) is 6.51. The summed E-state index contributed by atoms with van der Waals surface area (Å²) in [6.45, 7) is 1.24. The molecule has 2 aromatic carbocycles. The lowest BCUT2D eigenvalue weighted by Gasteiger charge is -2.12. The second-order valence-electron chi connectivity index (χ2n) is 6.15. The fourth-order valence-corrected chi connectivity index (χ4v) is 2.54. The molecular formula is C20H29IN4O. The average Bonchev–Trinajstić information content (AvgIpc) is 2.61. The van der Waals surface area contributed by atoms with Gasteiger partial charge in [0.1, 0.15) is 0 Å². The number of halogens is 1. The Kier molecular flexibility index (Phi) is 10.0. The molecule has 0 aliphatic heterocycles. The molecule has 2 aromatic rings. The lowest BCUT2D eigenvalue weighted by Crippen LogP contribution is -2.23. The lowest BCUT2D eigenvalue weighted by molar-refractivity contribution is 0.185. The normalized spacial score (nSPS) is 11.0. The van der Waals surface area contributed by atoms with E-state index in [1.807, 2.05) is 38.4 Å². The molecule has 142 valence electrons. The number of benzene rings is 2. The van der Waals surface area contributed by atoms with E-state index in [0.29, 0.717) is 19.1 Å². The first-order chi connectivity index (χ1) is 12.1. The number of ether oxygens (including phenoxy) is 1. The van der Waals surface area contributed by atoms with Gasteiger partial charge in [0.25, 0.3) is 0 Å². The van der Waals surface area contributed by atoms with E-state index in [1.165, 1.54) is 11.3 Å². The molecule has 0 atom stereocenters. The predicted molar refractivity (Wildman–Crippen MR) is 122 cm³/mol. The first-order valence-electron chi connectivity index (χ1n) is 8.50. The molecular weight excluding hydrogens is 439 g/mol. The number of hydrogen-bond donors (Lipinski definition) is 2. The average molecular weight is 468 g/mol. The van der Waals surface area contributed by atoms with Gasteiger partial charge >= 0.3 is 0 Å². The molecule has 0 unspecified atom stereocenters. The highest BCUT2D eigenvalue weighted by Crippen LogP contribution is 2.16. The summed E-state index contributed by atoms with van der Waals surface area (Å²) in [6, 6.07) is 16.5. The zero-order chi connectivity index (χ0) is 18.1. The molecule has 2 rings (SSSR count). The number of para-hydroxylation sites is 1. The Morgan fingerprint density at radius 1 is 1.12 bits per heavy atom. The highest BCUT2D eigenvalue weighted by atomic mass is 127. The fraction of sp³-hybridized carbons (Fsp3) is 0.350. The third kappa shape index (κ3) is 7.21. The quantitative estimate of drug-likeness (QED) is 0.267. The van der Waals surface area contributed by atoms with Crippen molar-refractivity contribution in [3.05, 3.63) is 59.7 Å². The van der Waals surface area contributed by atoms with Crippen molar-refractivity contribution in [3.63, 3.8) is 0 Å². The van der Waals surface area contributed by atoms with Crippen LogP contribution in [0.4, 0.5) is 11.4 Å². The predicted octanol–water partition coefficient (Wildman–Crippen LogP) is 3.88. The molecule has 26 heavy (non-hydrogen) atoms. The van der Waals surface area contributed by atoms with Crippen LogP contribution in [0.5, 0.6) is 0 Å². The molecule has 0 aliphatic carbocycles. The second-order valence-corrected chi connectivity index (χ2v) is 6.15. The monoisotopic (exact) mass is 468 g/mol. The number of aliphatic imine (C=N–C) groups is 1. The van der Waals surface area contributed by atoms with Gasteiger partial charge in [-0.3, -0.25) is 4.99 Å². The largest absolute Gasteiger partial charge is 0.380 e. The van der Waals surface area contributed by atoms with Gasteiger partial charge in [0.15, 0.2) is 5.96 Å². The maximum Gasteiger partial charge on any atom is 0.193 e. The standard InChI is InChI=1S/C20H28N4O.HI/c1-24(2)18-12-10-16(11-13-18)7-6-14-22-20(21)23-19-9-5-4-8-17(19)15-25-3;/h4-5,8-13H,6-7,14-15H2,1-3H3,(H3,21,22,23);1H. The Morgan fingerprint density at radius 2 is 1.81 bits per heavy atom. The van der Waals surface area contributed by atoms with Crippen molar-refractivity contribution in [2.75, 3.05) is 38.0 Å². The molecule has 0 amide bonds. The Morgan fingerprint density at radius 3 is 2.46 bits per heavy atom. The highest BCUT2D eigenvalue weighted by molar-refractivity contribution is 14.0. The summed E-state index contributed by atoms with van der Waals surface area (Å²) in [5.74, 6) is 0.437. The van der Waals surface area contributed by atoms with Crippen LogP contribution < -0.4 is 16.0 Å². The highest BCUT2D eigenvalue weighted by Gasteiger charge is 2.02. The SMILES string of the molecule is COCc1ccccc1NC(N)=NCCCc1ccc(N(C)C)cc1.I. The van der Waals surface area contributed by atoms with Gasteiger partial charge in [0.2, 0.25) is 0 Å². The van der Waals surface area contributed by atoms with Crippen LogP contribution >= 0.6 is 24.0 Å². The van der Waals surface area contributed by atoms with E-state index in [9.17, 15) is 0 Å². The minimum absolute atomic E-state index is 0. The topological polar surface area (TPSA) is 62.9 Å². The summed E-state index contributed by atoms with van der Waals surface area (Å²) in [7, 11) is 5.77. The molecule has 0 spiro atoms. The van der Waals surface area contributed by atoms with Crippen molar-refractivity contribution in [2.45, 2.75) is 19.4 Å². The molecule has 0 heterocycles. The van der Waals surface area contributed by atoms with Gasteiger partial charge < -0.3 is 20.7 Å². The van der Waals surface area contributed by atoms with Crippen LogP contribution in [-0.4, -0.2) is 33.7 Å². The van der Waals surface area contributed by atoms with E-state index < -0.39 is 0 Å². The van der Waals surface area contributed by atoms with E-state index in [4.69, 9.17) is 10.5 Å². The molecule has 6 heteroatoms. The first-order valence-corrected chi connectivity index (χ1v) is 8.50. The van der Waals surface area contributed by atoms with E-state index in [-0.39, 0.29) is 24.0 Å². The zero-order valence-electron chi connectivity index (χ0n) is 15.7. The van der Waals surface area contributed by atoms with Crippen LogP contribution in [-0.2, 0) is 17.8 Å². The Balaban J connectivity index is 0.00000338. The van der Waals surface area contributed by atoms with Crippen molar-refractivity contribution in [2.24, 2.45) is 10.7 Å². The number of rotatable bonds is 8.